The fourth-order valence-corrected chi connectivity index (χ4v) is 4.39. The molecule has 1 aliphatic heterocycles. The summed E-state index contributed by atoms with van der Waals surface area (Å²) >= 11 is 1.42. The summed E-state index contributed by atoms with van der Waals surface area (Å²) in [5.74, 6) is 0.370. The molecule has 29 heavy (non-hydrogen) atoms. The Morgan fingerprint density at radius 1 is 1.24 bits per heavy atom. The molecule has 0 aliphatic carbocycles. The van der Waals surface area contributed by atoms with Gasteiger partial charge in [0.25, 0.3) is 5.91 Å². The topological polar surface area (TPSA) is 93.6 Å². The van der Waals surface area contributed by atoms with Crippen LogP contribution in [-0.4, -0.2) is 38.9 Å². The highest BCUT2D eigenvalue weighted by Gasteiger charge is 2.46. The molecule has 0 saturated carbocycles. The van der Waals surface area contributed by atoms with Crippen LogP contribution in [-0.2, 0) is 5.72 Å². The van der Waals surface area contributed by atoms with E-state index in [0.717, 1.165) is 16.8 Å². The zero-order chi connectivity index (χ0) is 20.4. The predicted octanol–water partition coefficient (Wildman–Crippen LogP) is 3.16. The van der Waals surface area contributed by atoms with Gasteiger partial charge >= 0.3 is 0 Å². The van der Waals surface area contributed by atoms with Gasteiger partial charge in [-0.3, -0.25) is 9.69 Å². The van der Waals surface area contributed by atoms with Crippen LogP contribution in [0.3, 0.4) is 0 Å². The van der Waals surface area contributed by atoms with Crippen LogP contribution in [0.4, 0.5) is 11.5 Å². The third kappa shape index (κ3) is 3.52. The summed E-state index contributed by atoms with van der Waals surface area (Å²) < 4.78 is 0. The summed E-state index contributed by atoms with van der Waals surface area (Å²) in [5, 5.41) is 14.8. The molecule has 4 rings (SSSR count). The van der Waals surface area contributed by atoms with Gasteiger partial charge in [0.15, 0.2) is 22.4 Å². The van der Waals surface area contributed by atoms with E-state index in [9.17, 15) is 9.90 Å². The number of hydrogen-bond donors (Lipinski definition) is 3. The quantitative estimate of drug-likeness (QED) is 0.618. The van der Waals surface area contributed by atoms with Gasteiger partial charge in [-0.05, 0) is 19.1 Å². The number of H-pyrrole nitrogens is 1. The van der Waals surface area contributed by atoms with Gasteiger partial charge in [0.05, 0.1) is 12.1 Å². The molecule has 1 aliphatic rings. The van der Waals surface area contributed by atoms with E-state index in [4.69, 9.17) is 0 Å². The molecule has 1 saturated heterocycles. The number of thioether (sulfide) groups is 1. The largest absolute Gasteiger partial charge is 0.366 e. The van der Waals surface area contributed by atoms with Crippen LogP contribution in [0.2, 0.25) is 0 Å². The number of benzene rings is 2. The fourth-order valence-electron chi connectivity index (χ4n) is 3.22. The molecule has 1 fully saturated rings. The van der Waals surface area contributed by atoms with Crippen molar-refractivity contribution in [2.75, 3.05) is 17.7 Å². The van der Waals surface area contributed by atoms with Crippen molar-refractivity contribution >= 4 is 34.3 Å². The van der Waals surface area contributed by atoms with Crippen molar-refractivity contribution in [3.05, 3.63) is 77.7 Å². The van der Waals surface area contributed by atoms with Gasteiger partial charge < -0.3 is 15.4 Å². The predicted molar refractivity (Wildman–Crippen MR) is 116 cm³/mol. The highest BCUT2D eigenvalue weighted by Crippen LogP contribution is 2.43. The number of hydrogen-bond acceptors (Lipinski definition) is 5. The van der Waals surface area contributed by atoms with Crippen molar-refractivity contribution in [1.29, 1.82) is 0 Å². The number of amides is 1. The smallest absolute Gasteiger partial charge is 0.271 e. The number of amidine groups is 1. The lowest BCUT2D eigenvalue weighted by Gasteiger charge is -2.34. The van der Waals surface area contributed by atoms with E-state index < -0.39 is 5.72 Å². The van der Waals surface area contributed by atoms with Gasteiger partial charge in [0, 0.05) is 18.3 Å². The molecule has 0 spiro atoms. The Labute approximate surface area is 172 Å². The number of rotatable bonds is 4. The minimum absolute atomic E-state index is 0.277. The van der Waals surface area contributed by atoms with Crippen LogP contribution in [0.15, 0.2) is 65.9 Å². The Kier molecular flexibility index (Phi) is 5.12. The van der Waals surface area contributed by atoms with Crippen molar-refractivity contribution in [2.24, 2.45) is 4.99 Å². The van der Waals surface area contributed by atoms with E-state index in [2.05, 4.69) is 20.3 Å². The van der Waals surface area contributed by atoms with Crippen molar-refractivity contribution < 1.29 is 9.90 Å². The minimum atomic E-state index is -1.28. The highest BCUT2D eigenvalue weighted by atomic mass is 32.2. The number of aromatic nitrogens is 2. The van der Waals surface area contributed by atoms with E-state index in [1.54, 1.807) is 11.9 Å². The number of aliphatic hydroxyl groups is 1. The number of aliphatic imine (C=N–C) groups is 1. The molecule has 2 aromatic carbocycles. The van der Waals surface area contributed by atoms with Crippen LogP contribution in [0.1, 0.15) is 21.6 Å². The van der Waals surface area contributed by atoms with Crippen LogP contribution < -0.4 is 10.2 Å². The van der Waals surface area contributed by atoms with Crippen LogP contribution in [0.5, 0.6) is 0 Å². The van der Waals surface area contributed by atoms with E-state index in [0.29, 0.717) is 10.9 Å². The SMILES string of the molecule is CNC(=O)c1[nH]cnc1N=C1SCC(O)(c2ccc(C)cc2)N1c1ccccc1. The van der Waals surface area contributed by atoms with Gasteiger partial charge in [-0.25, -0.2) is 9.98 Å². The second kappa shape index (κ2) is 7.73. The minimum Gasteiger partial charge on any atom is -0.366 e. The van der Waals surface area contributed by atoms with Gasteiger partial charge in [-0.15, -0.1) is 0 Å². The number of nitrogens with one attached hydrogen (secondary N) is 2. The van der Waals surface area contributed by atoms with E-state index in [1.165, 1.54) is 18.1 Å². The first kappa shape index (κ1) is 19.2. The highest BCUT2D eigenvalue weighted by molar-refractivity contribution is 8.14. The number of nitrogens with zero attached hydrogens (tertiary/aromatic N) is 3. The number of carbonyl (C=O) groups is 1. The Balaban J connectivity index is 1.82. The number of imidazole rings is 1. The van der Waals surface area contributed by atoms with Crippen molar-refractivity contribution in [3.8, 4) is 0 Å². The van der Waals surface area contributed by atoms with Crippen LogP contribution in [0.25, 0.3) is 0 Å². The number of carbonyl (C=O) groups excluding carboxylic acids is 1. The molecule has 3 aromatic rings. The third-order valence-corrected chi connectivity index (χ3v) is 5.85. The Hall–Kier alpha value is -3.10. The van der Waals surface area contributed by atoms with Gasteiger partial charge in [-0.2, -0.15) is 0 Å². The molecule has 8 heteroatoms. The first-order valence-electron chi connectivity index (χ1n) is 9.14. The van der Waals surface area contributed by atoms with E-state index in [1.807, 2.05) is 61.5 Å². The van der Waals surface area contributed by atoms with Gasteiger partial charge in [-0.1, -0.05) is 59.8 Å². The number of aromatic amines is 1. The van der Waals surface area contributed by atoms with E-state index in [-0.39, 0.29) is 17.4 Å². The van der Waals surface area contributed by atoms with Gasteiger partial charge in [0.2, 0.25) is 0 Å². The zero-order valence-electron chi connectivity index (χ0n) is 16.1. The molecule has 0 radical (unpaired) electrons. The lowest BCUT2D eigenvalue weighted by molar-refractivity contribution is 0.0768. The molecule has 2 heterocycles. The third-order valence-electron chi connectivity index (χ3n) is 4.77. The number of aryl methyl sites for hydroxylation is 1. The number of anilines is 1. The van der Waals surface area contributed by atoms with Crippen LogP contribution in [0, 0.1) is 6.92 Å². The zero-order valence-corrected chi connectivity index (χ0v) is 16.9. The summed E-state index contributed by atoms with van der Waals surface area (Å²) in [6, 6.07) is 17.4. The monoisotopic (exact) mass is 407 g/mol. The number of para-hydroxylation sites is 1. The maximum absolute atomic E-state index is 12.1. The molecule has 1 atom stereocenters. The van der Waals surface area contributed by atoms with E-state index >= 15 is 0 Å². The lowest BCUT2D eigenvalue weighted by atomic mass is 10.0. The van der Waals surface area contributed by atoms with Crippen molar-refractivity contribution in [2.45, 2.75) is 12.6 Å². The Bertz CT molecular complexity index is 1050. The maximum atomic E-state index is 12.1. The maximum Gasteiger partial charge on any atom is 0.271 e. The van der Waals surface area contributed by atoms with Crippen molar-refractivity contribution in [1.82, 2.24) is 15.3 Å². The van der Waals surface area contributed by atoms with Crippen LogP contribution >= 0.6 is 11.8 Å². The normalized spacial score (nSPS) is 20.2. The summed E-state index contributed by atoms with van der Waals surface area (Å²) in [6.45, 7) is 2.01. The lowest BCUT2D eigenvalue weighted by Crippen LogP contribution is -2.45. The Morgan fingerprint density at radius 3 is 2.66 bits per heavy atom. The second-order valence-corrected chi connectivity index (χ2v) is 7.66. The molecule has 1 unspecified atom stereocenters. The molecular weight excluding hydrogens is 386 g/mol. The molecule has 7 nitrogen and oxygen atoms in total. The standard InChI is InChI=1S/C21H21N5O2S/c1-14-8-10-15(11-9-14)21(28)12-29-20(26(21)16-6-4-3-5-7-16)25-18-17(19(27)22-2)23-13-24-18/h3-11,13,28H,12H2,1-2H3,(H,22,27)(H,23,24). The average molecular weight is 407 g/mol. The second-order valence-electron chi connectivity index (χ2n) is 6.72. The fraction of sp³-hybridized carbons (Fsp3) is 0.190. The summed E-state index contributed by atoms with van der Waals surface area (Å²) in [6.07, 6.45) is 1.43. The molecule has 1 amide bonds. The summed E-state index contributed by atoms with van der Waals surface area (Å²) in [7, 11) is 1.55. The summed E-state index contributed by atoms with van der Waals surface area (Å²) in [4.78, 5) is 25.5. The Morgan fingerprint density at radius 2 is 1.97 bits per heavy atom. The molecule has 148 valence electrons. The average Bonchev–Trinajstić information content (AvgIpc) is 3.34. The molecule has 0 bridgehead atoms. The molecule has 3 N–H and O–H groups in total. The summed E-state index contributed by atoms with van der Waals surface area (Å²) in [5.41, 5.74) is 1.70. The first-order valence-corrected chi connectivity index (χ1v) is 10.1. The first-order chi connectivity index (χ1) is 14.0. The van der Waals surface area contributed by atoms with Crippen molar-refractivity contribution in [3.63, 3.8) is 0 Å². The molecular formula is C21H21N5O2S. The van der Waals surface area contributed by atoms with Gasteiger partial charge in [0.1, 0.15) is 0 Å². The molecule has 1 aromatic heterocycles.